The van der Waals surface area contributed by atoms with Gasteiger partial charge in [0.05, 0.1) is 24.5 Å². The molecule has 1 aliphatic heterocycles. The zero-order valence-corrected chi connectivity index (χ0v) is 20.9. The van der Waals surface area contributed by atoms with E-state index in [1.54, 1.807) is 4.68 Å². The maximum Gasteiger partial charge on any atom is 0.194 e. The van der Waals surface area contributed by atoms with E-state index in [2.05, 4.69) is 20.2 Å². The molecular formula is C21H32F2IN7. The SMILES string of the molecule is CCNC(=NCC(c1cnn(C)c1)N(C)C)N1CCN(c2cc(F)ccc2F)CC1.I. The Morgan fingerprint density at radius 1 is 1.23 bits per heavy atom. The standard InChI is InChI=1S/C21H31F2N7.HI/c1-5-24-21(25-14-20(27(2)3)16-13-26-28(4)15-16)30-10-8-29(9-11-30)19-12-17(22)6-7-18(19)23;/h6-7,12-13,15,20H,5,8-11,14H2,1-4H3,(H,24,25);1H. The highest BCUT2D eigenvalue weighted by Crippen LogP contribution is 2.22. The monoisotopic (exact) mass is 547 g/mol. The molecule has 172 valence electrons. The Hall–Kier alpha value is -1.95. The van der Waals surface area contributed by atoms with Gasteiger partial charge < -0.3 is 20.0 Å². The Bertz CT molecular complexity index is 863. The van der Waals surface area contributed by atoms with E-state index >= 15 is 0 Å². The van der Waals surface area contributed by atoms with Crippen LogP contribution in [0.4, 0.5) is 14.5 Å². The first-order chi connectivity index (χ1) is 14.4. The van der Waals surface area contributed by atoms with Crippen LogP contribution < -0.4 is 10.2 Å². The molecule has 3 rings (SSSR count). The second-order valence-electron chi connectivity index (χ2n) is 7.69. The molecule has 1 aliphatic rings. The molecule has 1 N–H and O–H groups in total. The first-order valence-corrected chi connectivity index (χ1v) is 10.3. The van der Waals surface area contributed by atoms with Gasteiger partial charge in [-0.2, -0.15) is 5.10 Å². The third-order valence-corrected chi connectivity index (χ3v) is 5.31. The van der Waals surface area contributed by atoms with Gasteiger partial charge in [0.15, 0.2) is 5.96 Å². The first kappa shape index (κ1) is 25.3. The maximum atomic E-state index is 14.1. The van der Waals surface area contributed by atoms with Gasteiger partial charge in [-0.05, 0) is 33.2 Å². The molecule has 2 heterocycles. The summed E-state index contributed by atoms with van der Waals surface area (Å²) in [7, 11) is 5.98. The summed E-state index contributed by atoms with van der Waals surface area (Å²) in [5.41, 5.74) is 1.44. The van der Waals surface area contributed by atoms with Crippen LogP contribution in [0, 0.1) is 11.6 Å². The van der Waals surface area contributed by atoms with Gasteiger partial charge in [0.2, 0.25) is 0 Å². The van der Waals surface area contributed by atoms with Crippen molar-refractivity contribution >= 4 is 35.6 Å². The van der Waals surface area contributed by atoms with Gasteiger partial charge in [-0.25, -0.2) is 8.78 Å². The fourth-order valence-corrected chi connectivity index (χ4v) is 3.67. The number of guanidine groups is 1. The molecule has 0 bridgehead atoms. The molecule has 1 atom stereocenters. The predicted octanol–water partition coefficient (Wildman–Crippen LogP) is 2.71. The summed E-state index contributed by atoms with van der Waals surface area (Å²) in [6.45, 7) is 5.97. The minimum Gasteiger partial charge on any atom is -0.366 e. The number of aliphatic imine (C=N–C) groups is 1. The third-order valence-electron chi connectivity index (χ3n) is 5.31. The number of benzene rings is 1. The molecule has 7 nitrogen and oxygen atoms in total. The minimum absolute atomic E-state index is 0. The lowest BCUT2D eigenvalue weighted by Crippen LogP contribution is -2.53. The van der Waals surface area contributed by atoms with Crippen LogP contribution in [0.5, 0.6) is 0 Å². The fraction of sp³-hybridized carbons (Fsp3) is 0.524. The van der Waals surface area contributed by atoms with Crippen molar-refractivity contribution in [2.24, 2.45) is 12.0 Å². The maximum absolute atomic E-state index is 14.1. The highest BCUT2D eigenvalue weighted by molar-refractivity contribution is 14.0. The molecule has 1 aromatic heterocycles. The topological polar surface area (TPSA) is 51.9 Å². The number of nitrogens with one attached hydrogen (secondary N) is 1. The van der Waals surface area contributed by atoms with Crippen molar-refractivity contribution in [3.8, 4) is 0 Å². The average Bonchev–Trinajstić information content (AvgIpc) is 3.15. The Labute approximate surface area is 200 Å². The number of halogens is 3. The van der Waals surface area contributed by atoms with Crippen LogP contribution in [0.2, 0.25) is 0 Å². The molecule has 31 heavy (non-hydrogen) atoms. The number of hydrogen-bond donors (Lipinski definition) is 1. The van der Waals surface area contributed by atoms with E-state index in [-0.39, 0.29) is 30.0 Å². The number of piperazine rings is 1. The number of hydrogen-bond acceptors (Lipinski definition) is 4. The third kappa shape index (κ3) is 6.52. The van der Waals surface area contributed by atoms with Crippen LogP contribution >= 0.6 is 24.0 Å². The van der Waals surface area contributed by atoms with Crippen molar-refractivity contribution in [1.29, 1.82) is 0 Å². The minimum atomic E-state index is -0.422. The molecule has 0 saturated carbocycles. The van der Waals surface area contributed by atoms with Gasteiger partial charge >= 0.3 is 0 Å². The second kappa shape index (κ2) is 11.6. The summed E-state index contributed by atoms with van der Waals surface area (Å²) in [5.74, 6) is 0.0252. The number of anilines is 1. The molecule has 0 radical (unpaired) electrons. The van der Waals surface area contributed by atoms with Crippen molar-refractivity contribution in [3.05, 3.63) is 47.8 Å². The van der Waals surface area contributed by atoms with Crippen LogP contribution in [-0.4, -0.2) is 78.9 Å². The van der Waals surface area contributed by atoms with Gasteiger partial charge in [-0.3, -0.25) is 9.67 Å². The normalized spacial score (nSPS) is 15.8. The smallest absolute Gasteiger partial charge is 0.194 e. The zero-order valence-electron chi connectivity index (χ0n) is 18.6. The van der Waals surface area contributed by atoms with Gasteiger partial charge in [0.25, 0.3) is 0 Å². The molecular weight excluding hydrogens is 515 g/mol. The van der Waals surface area contributed by atoms with Crippen LogP contribution in [0.1, 0.15) is 18.5 Å². The highest BCUT2D eigenvalue weighted by atomic mass is 127. The zero-order chi connectivity index (χ0) is 21.7. The number of aromatic nitrogens is 2. The predicted molar refractivity (Wildman–Crippen MR) is 131 cm³/mol. The van der Waals surface area contributed by atoms with Gasteiger partial charge in [-0.1, -0.05) is 0 Å². The lowest BCUT2D eigenvalue weighted by Gasteiger charge is -2.38. The van der Waals surface area contributed by atoms with Crippen molar-refractivity contribution in [3.63, 3.8) is 0 Å². The van der Waals surface area contributed by atoms with E-state index in [9.17, 15) is 8.78 Å². The van der Waals surface area contributed by atoms with E-state index in [4.69, 9.17) is 4.99 Å². The van der Waals surface area contributed by atoms with Gasteiger partial charge in [-0.15, -0.1) is 24.0 Å². The van der Waals surface area contributed by atoms with Crippen LogP contribution in [0.15, 0.2) is 35.6 Å². The Morgan fingerprint density at radius 2 is 1.94 bits per heavy atom. The summed E-state index contributed by atoms with van der Waals surface area (Å²) in [4.78, 5) is 11.1. The number of aryl methyl sites for hydroxylation is 1. The largest absolute Gasteiger partial charge is 0.366 e. The Balaban J connectivity index is 0.00000341. The molecule has 10 heteroatoms. The molecule has 1 fully saturated rings. The summed E-state index contributed by atoms with van der Waals surface area (Å²) in [6.07, 6.45) is 3.89. The summed E-state index contributed by atoms with van der Waals surface area (Å²) in [6, 6.07) is 3.71. The Kier molecular flexibility index (Phi) is 9.48. The van der Waals surface area contributed by atoms with Crippen molar-refractivity contribution < 1.29 is 8.78 Å². The molecule has 0 amide bonds. The summed E-state index contributed by atoms with van der Waals surface area (Å²) < 4.78 is 29.5. The second-order valence-corrected chi connectivity index (χ2v) is 7.69. The lowest BCUT2D eigenvalue weighted by molar-refractivity contribution is 0.303. The van der Waals surface area contributed by atoms with Crippen molar-refractivity contribution in [1.82, 2.24) is 24.9 Å². The summed E-state index contributed by atoms with van der Waals surface area (Å²) >= 11 is 0. The lowest BCUT2D eigenvalue weighted by atomic mass is 10.1. The molecule has 0 aliphatic carbocycles. The summed E-state index contributed by atoms with van der Waals surface area (Å²) in [5, 5.41) is 7.64. The fourth-order valence-electron chi connectivity index (χ4n) is 3.67. The number of likely N-dealkylation sites (N-methyl/N-ethyl adjacent to an activating group) is 1. The van der Waals surface area contributed by atoms with E-state index in [0.29, 0.717) is 38.4 Å². The van der Waals surface area contributed by atoms with Gasteiger partial charge in [0, 0.05) is 57.6 Å². The van der Waals surface area contributed by atoms with Crippen molar-refractivity contribution in [2.75, 3.05) is 58.3 Å². The van der Waals surface area contributed by atoms with Crippen LogP contribution in [-0.2, 0) is 7.05 Å². The quantitative estimate of drug-likeness (QED) is 0.343. The van der Waals surface area contributed by atoms with E-state index in [1.807, 2.05) is 45.4 Å². The molecule has 1 saturated heterocycles. The number of rotatable bonds is 6. The average molecular weight is 547 g/mol. The Morgan fingerprint density at radius 3 is 2.52 bits per heavy atom. The molecule has 2 aromatic rings. The molecule has 1 aromatic carbocycles. The van der Waals surface area contributed by atoms with Crippen molar-refractivity contribution in [2.45, 2.75) is 13.0 Å². The molecule has 1 unspecified atom stereocenters. The first-order valence-electron chi connectivity index (χ1n) is 10.3. The van der Waals surface area contributed by atoms with Crippen LogP contribution in [0.3, 0.4) is 0 Å². The van der Waals surface area contributed by atoms with E-state index in [1.165, 1.54) is 12.1 Å². The number of nitrogens with zero attached hydrogens (tertiary/aromatic N) is 6. The van der Waals surface area contributed by atoms with E-state index < -0.39 is 11.6 Å². The van der Waals surface area contributed by atoms with Gasteiger partial charge in [0.1, 0.15) is 11.6 Å². The van der Waals surface area contributed by atoms with E-state index in [0.717, 1.165) is 24.1 Å². The van der Waals surface area contributed by atoms with Crippen LogP contribution in [0.25, 0.3) is 0 Å². The highest BCUT2D eigenvalue weighted by Gasteiger charge is 2.23. The molecule has 0 spiro atoms.